The lowest BCUT2D eigenvalue weighted by molar-refractivity contribution is -0.143. The zero-order chi connectivity index (χ0) is 19.4. The molecule has 0 aliphatic rings. The number of hydrogen-bond donors (Lipinski definition) is 0. The molecule has 3 aromatic carbocycles. The quantitative estimate of drug-likeness (QED) is 0.438. The van der Waals surface area contributed by atoms with Crippen molar-refractivity contribution in [3.63, 3.8) is 0 Å². The van der Waals surface area contributed by atoms with Crippen LogP contribution >= 0.6 is 0 Å². The summed E-state index contributed by atoms with van der Waals surface area (Å²) >= 11 is 0. The summed E-state index contributed by atoms with van der Waals surface area (Å²) in [4.78, 5) is 23.4. The third-order valence-corrected chi connectivity index (χ3v) is 4.54. The molecule has 4 heteroatoms. The molecule has 0 atom stereocenters. The van der Waals surface area contributed by atoms with Gasteiger partial charge in [-0.25, -0.2) is 4.39 Å². The van der Waals surface area contributed by atoms with Crippen LogP contribution in [0.2, 0.25) is 0 Å². The fraction of sp³-hybridized carbons (Fsp3) is 0.217. The number of hydrogen-bond acceptors (Lipinski definition) is 3. The predicted molar refractivity (Wildman–Crippen MR) is 104 cm³/mol. The van der Waals surface area contributed by atoms with Gasteiger partial charge in [0.2, 0.25) is 0 Å². The Morgan fingerprint density at radius 3 is 2.52 bits per heavy atom. The molecule has 27 heavy (non-hydrogen) atoms. The standard InChI is InChI=1S/C23H21FO3/c1-3-27-23(26)11-10-16-8-9-18(14-22(16)24)21-13-19(15(2)25)12-17-6-4-5-7-20(17)21/h4-9,12-14H,3,10-11H2,1-2H3. The summed E-state index contributed by atoms with van der Waals surface area (Å²) in [6, 6.07) is 16.4. The van der Waals surface area contributed by atoms with E-state index in [1.807, 2.05) is 36.4 Å². The second kappa shape index (κ2) is 8.12. The van der Waals surface area contributed by atoms with Crippen LogP contribution < -0.4 is 0 Å². The molecule has 3 rings (SSSR count). The monoisotopic (exact) mass is 364 g/mol. The maximum absolute atomic E-state index is 14.6. The van der Waals surface area contributed by atoms with E-state index in [9.17, 15) is 14.0 Å². The molecule has 138 valence electrons. The summed E-state index contributed by atoms with van der Waals surface area (Å²) in [5, 5.41) is 1.90. The third kappa shape index (κ3) is 4.22. The Labute approximate surface area is 157 Å². The van der Waals surface area contributed by atoms with Crippen molar-refractivity contribution in [1.29, 1.82) is 0 Å². The highest BCUT2D eigenvalue weighted by atomic mass is 19.1. The molecule has 0 aliphatic carbocycles. The number of ether oxygens (including phenoxy) is 1. The van der Waals surface area contributed by atoms with Gasteiger partial charge in [0.25, 0.3) is 0 Å². The van der Waals surface area contributed by atoms with Crippen molar-refractivity contribution in [3.05, 3.63) is 71.5 Å². The molecule has 3 aromatic rings. The van der Waals surface area contributed by atoms with Crippen molar-refractivity contribution in [2.75, 3.05) is 6.61 Å². The summed E-state index contributed by atoms with van der Waals surface area (Å²) in [7, 11) is 0. The average Bonchev–Trinajstić information content (AvgIpc) is 2.66. The largest absolute Gasteiger partial charge is 0.466 e. The number of ketones is 1. The summed E-state index contributed by atoms with van der Waals surface area (Å²) in [5.74, 6) is -0.733. The maximum atomic E-state index is 14.6. The molecule has 0 aliphatic heterocycles. The second-order valence-corrected chi connectivity index (χ2v) is 6.41. The molecule has 0 heterocycles. The number of fused-ring (bicyclic) bond motifs is 1. The molecule has 0 unspecified atom stereocenters. The normalized spacial score (nSPS) is 10.8. The van der Waals surface area contributed by atoms with Crippen molar-refractivity contribution in [1.82, 2.24) is 0 Å². The second-order valence-electron chi connectivity index (χ2n) is 6.41. The van der Waals surface area contributed by atoms with Crippen molar-refractivity contribution in [2.45, 2.75) is 26.7 Å². The number of Topliss-reactive ketones (excluding diaryl/α,β-unsaturated/α-hetero) is 1. The molecule has 0 amide bonds. The van der Waals surface area contributed by atoms with Gasteiger partial charge in [-0.05, 0) is 65.9 Å². The number of aryl methyl sites for hydroxylation is 1. The zero-order valence-corrected chi connectivity index (χ0v) is 15.4. The Morgan fingerprint density at radius 1 is 1.04 bits per heavy atom. The first kappa shape index (κ1) is 18.8. The summed E-state index contributed by atoms with van der Waals surface area (Å²) in [6.07, 6.45) is 0.437. The first-order valence-corrected chi connectivity index (χ1v) is 8.97. The molecule has 3 nitrogen and oxygen atoms in total. The van der Waals surface area contributed by atoms with E-state index in [0.717, 1.165) is 16.3 Å². The van der Waals surface area contributed by atoms with Crippen molar-refractivity contribution < 1.29 is 18.7 Å². The van der Waals surface area contributed by atoms with E-state index in [2.05, 4.69) is 0 Å². The van der Waals surface area contributed by atoms with Gasteiger partial charge in [0, 0.05) is 12.0 Å². The summed E-state index contributed by atoms with van der Waals surface area (Å²) in [5.41, 5.74) is 2.58. The third-order valence-electron chi connectivity index (χ3n) is 4.54. The molecule has 0 saturated heterocycles. The summed E-state index contributed by atoms with van der Waals surface area (Å²) in [6.45, 7) is 3.58. The molecule has 0 bridgehead atoms. The Morgan fingerprint density at radius 2 is 1.81 bits per heavy atom. The van der Waals surface area contributed by atoms with Gasteiger partial charge in [-0.1, -0.05) is 36.4 Å². The first-order valence-electron chi connectivity index (χ1n) is 8.97. The Hall–Kier alpha value is -3.01. The smallest absolute Gasteiger partial charge is 0.306 e. The average molecular weight is 364 g/mol. The van der Waals surface area contributed by atoms with Gasteiger partial charge in [-0.2, -0.15) is 0 Å². The highest BCUT2D eigenvalue weighted by molar-refractivity contribution is 6.04. The van der Waals surface area contributed by atoms with Crippen LogP contribution in [0.4, 0.5) is 4.39 Å². The number of carbonyl (C=O) groups is 2. The van der Waals surface area contributed by atoms with Crippen molar-refractivity contribution >= 4 is 22.5 Å². The van der Waals surface area contributed by atoms with Crippen LogP contribution in [0, 0.1) is 5.82 Å². The number of carbonyl (C=O) groups excluding carboxylic acids is 2. The van der Waals surface area contributed by atoms with Gasteiger partial charge in [-0.15, -0.1) is 0 Å². The topological polar surface area (TPSA) is 43.4 Å². The van der Waals surface area contributed by atoms with E-state index in [1.165, 1.54) is 13.0 Å². The first-order chi connectivity index (χ1) is 13.0. The molecule has 0 radical (unpaired) electrons. The van der Waals surface area contributed by atoms with E-state index in [4.69, 9.17) is 4.74 Å². The van der Waals surface area contributed by atoms with E-state index < -0.39 is 0 Å². The van der Waals surface area contributed by atoms with Crippen LogP contribution in [0.1, 0.15) is 36.2 Å². The minimum atomic E-state index is -0.367. The number of esters is 1. The van der Waals surface area contributed by atoms with E-state index in [1.54, 1.807) is 19.1 Å². The summed E-state index contributed by atoms with van der Waals surface area (Å²) < 4.78 is 19.5. The molecule has 0 N–H and O–H groups in total. The van der Waals surface area contributed by atoms with Gasteiger partial charge in [-0.3, -0.25) is 9.59 Å². The fourth-order valence-corrected chi connectivity index (χ4v) is 3.14. The maximum Gasteiger partial charge on any atom is 0.306 e. The Balaban J connectivity index is 1.98. The van der Waals surface area contributed by atoms with Gasteiger partial charge >= 0.3 is 5.97 Å². The van der Waals surface area contributed by atoms with E-state index in [0.29, 0.717) is 29.7 Å². The molecule has 0 fully saturated rings. The Bertz CT molecular complexity index is 1010. The minimum absolute atomic E-state index is 0.0338. The predicted octanol–water partition coefficient (Wildman–Crippen LogP) is 5.34. The van der Waals surface area contributed by atoms with Crippen LogP contribution in [-0.4, -0.2) is 18.4 Å². The van der Waals surface area contributed by atoms with Crippen LogP contribution in [-0.2, 0) is 16.0 Å². The van der Waals surface area contributed by atoms with Crippen LogP contribution in [0.3, 0.4) is 0 Å². The number of rotatable bonds is 6. The minimum Gasteiger partial charge on any atom is -0.466 e. The number of benzene rings is 3. The molecule has 0 aromatic heterocycles. The van der Waals surface area contributed by atoms with Crippen LogP contribution in [0.15, 0.2) is 54.6 Å². The molecule has 0 saturated carbocycles. The molecule has 0 spiro atoms. The zero-order valence-electron chi connectivity index (χ0n) is 15.4. The van der Waals surface area contributed by atoms with Crippen molar-refractivity contribution in [2.24, 2.45) is 0 Å². The van der Waals surface area contributed by atoms with Crippen LogP contribution in [0.25, 0.3) is 21.9 Å². The van der Waals surface area contributed by atoms with Gasteiger partial charge < -0.3 is 4.74 Å². The fourth-order valence-electron chi connectivity index (χ4n) is 3.14. The molecular weight excluding hydrogens is 343 g/mol. The highest BCUT2D eigenvalue weighted by Gasteiger charge is 2.12. The van der Waals surface area contributed by atoms with E-state index in [-0.39, 0.29) is 24.0 Å². The van der Waals surface area contributed by atoms with Crippen LogP contribution in [0.5, 0.6) is 0 Å². The van der Waals surface area contributed by atoms with Gasteiger partial charge in [0.15, 0.2) is 5.78 Å². The number of halogens is 1. The van der Waals surface area contributed by atoms with E-state index >= 15 is 0 Å². The lowest BCUT2D eigenvalue weighted by Gasteiger charge is -2.11. The molecular formula is C23H21FO3. The van der Waals surface area contributed by atoms with Gasteiger partial charge in [0.1, 0.15) is 5.82 Å². The highest BCUT2D eigenvalue weighted by Crippen LogP contribution is 2.31. The lowest BCUT2D eigenvalue weighted by atomic mass is 9.93. The Kier molecular flexibility index (Phi) is 5.65. The SMILES string of the molecule is CCOC(=O)CCc1ccc(-c2cc(C(C)=O)cc3ccccc23)cc1F. The lowest BCUT2D eigenvalue weighted by Crippen LogP contribution is -2.06. The van der Waals surface area contributed by atoms with Crippen molar-refractivity contribution in [3.8, 4) is 11.1 Å². The van der Waals surface area contributed by atoms with Gasteiger partial charge in [0.05, 0.1) is 6.61 Å².